The number of hydrogen-bond donors (Lipinski definition) is 2. The molecule has 4 heteroatoms. The number of benzene rings is 2. The van der Waals surface area contributed by atoms with Crippen molar-refractivity contribution < 1.29 is 9.84 Å². The average Bonchev–Trinajstić information content (AvgIpc) is 2.45. The molecule has 3 nitrogen and oxygen atoms in total. The lowest BCUT2D eigenvalue weighted by molar-refractivity contribution is 0.317. The van der Waals surface area contributed by atoms with Crippen LogP contribution in [-0.4, -0.2) is 11.7 Å². The van der Waals surface area contributed by atoms with E-state index in [-0.39, 0.29) is 5.75 Å². The lowest BCUT2D eigenvalue weighted by atomic mass is 10.2. The van der Waals surface area contributed by atoms with Gasteiger partial charge in [0.25, 0.3) is 0 Å². The highest BCUT2D eigenvalue weighted by Gasteiger charge is 2.04. The molecule has 0 spiro atoms. The SMILES string of the molecule is CCOc1cc(CNCc2ccccc2Cl)ccc1O. The van der Waals surface area contributed by atoms with Crippen molar-refractivity contribution in [3.63, 3.8) is 0 Å². The summed E-state index contributed by atoms with van der Waals surface area (Å²) < 4.78 is 5.36. The first-order valence-corrected chi connectivity index (χ1v) is 6.97. The van der Waals surface area contributed by atoms with Crippen LogP contribution in [0, 0.1) is 0 Å². The zero-order valence-corrected chi connectivity index (χ0v) is 12.2. The van der Waals surface area contributed by atoms with Gasteiger partial charge in [-0.15, -0.1) is 0 Å². The predicted octanol–water partition coefficient (Wildman–Crippen LogP) is 3.73. The van der Waals surface area contributed by atoms with Crippen molar-refractivity contribution in [2.24, 2.45) is 0 Å². The van der Waals surface area contributed by atoms with E-state index in [2.05, 4.69) is 5.32 Å². The van der Waals surface area contributed by atoms with Crippen LogP contribution in [-0.2, 0) is 13.1 Å². The van der Waals surface area contributed by atoms with Crippen LogP contribution in [0.15, 0.2) is 42.5 Å². The van der Waals surface area contributed by atoms with Crippen molar-refractivity contribution in [3.05, 3.63) is 58.6 Å². The first-order valence-electron chi connectivity index (χ1n) is 6.59. The van der Waals surface area contributed by atoms with Gasteiger partial charge in [0.2, 0.25) is 0 Å². The number of phenols is 1. The quantitative estimate of drug-likeness (QED) is 0.852. The number of halogens is 1. The molecule has 0 unspecified atom stereocenters. The van der Waals surface area contributed by atoms with Crippen LogP contribution in [0.2, 0.25) is 5.02 Å². The van der Waals surface area contributed by atoms with E-state index in [0.29, 0.717) is 25.4 Å². The van der Waals surface area contributed by atoms with Gasteiger partial charge >= 0.3 is 0 Å². The molecule has 0 bridgehead atoms. The lowest BCUT2D eigenvalue weighted by Gasteiger charge is -2.10. The molecule has 0 aromatic heterocycles. The van der Waals surface area contributed by atoms with E-state index in [4.69, 9.17) is 16.3 Å². The number of ether oxygens (including phenoxy) is 1. The summed E-state index contributed by atoms with van der Waals surface area (Å²) in [6.07, 6.45) is 0. The fraction of sp³-hybridized carbons (Fsp3) is 0.250. The van der Waals surface area contributed by atoms with E-state index >= 15 is 0 Å². The van der Waals surface area contributed by atoms with Crippen molar-refractivity contribution in [2.75, 3.05) is 6.61 Å². The first kappa shape index (κ1) is 14.7. The molecular weight excluding hydrogens is 274 g/mol. The minimum absolute atomic E-state index is 0.168. The third-order valence-electron chi connectivity index (χ3n) is 2.93. The van der Waals surface area contributed by atoms with E-state index < -0.39 is 0 Å². The Morgan fingerprint density at radius 2 is 1.95 bits per heavy atom. The van der Waals surface area contributed by atoms with Crippen LogP contribution in [0.4, 0.5) is 0 Å². The predicted molar refractivity (Wildman–Crippen MR) is 81.3 cm³/mol. The summed E-state index contributed by atoms with van der Waals surface area (Å²) in [5.41, 5.74) is 2.12. The molecule has 0 amide bonds. The topological polar surface area (TPSA) is 41.5 Å². The molecule has 106 valence electrons. The van der Waals surface area contributed by atoms with Crippen molar-refractivity contribution in [1.82, 2.24) is 5.32 Å². The van der Waals surface area contributed by atoms with Crippen LogP contribution >= 0.6 is 11.6 Å². The second-order valence-electron chi connectivity index (χ2n) is 4.43. The lowest BCUT2D eigenvalue weighted by Crippen LogP contribution is -2.13. The highest BCUT2D eigenvalue weighted by molar-refractivity contribution is 6.31. The summed E-state index contributed by atoms with van der Waals surface area (Å²) in [7, 11) is 0. The molecule has 0 aliphatic heterocycles. The maximum atomic E-state index is 9.64. The van der Waals surface area contributed by atoms with Crippen LogP contribution in [0.1, 0.15) is 18.1 Å². The van der Waals surface area contributed by atoms with Gasteiger partial charge in [0.1, 0.15) is 0 Å². The minimum Gasteiger partial charge on any atom is -0.504 e. The fourth-order valence-corrected chi connectivity index (χ4v) is 2.13. The third-order valence-corrected chi connectivity index (χ3v) is 3.30. The number of aromatic hydroxyl groups is 1. The maximum Gasteiger partial charge on any atom is 0.161 e. The van der Waals surface area contributed by atoms with Gasteiger partial charge in [0, 0.05) is 18.1 Å². The first-order chi connectivity index (χ1) is 9.70. The Hall–Kier alpha value is -1.71. The van der Waals surface area contributed by atoms with Crippen LogP contribution in [0.3, 0.4) is 0 Å². The van der Waals surface area contributed by atoms with Crippen molar-refractivity contribution in [1.29, 1.82) is 0 Å². The highest BCUT2D eigenvalue weighted by atomic mass is 35.5. The van der Waals surface area contributed by atoms with E-state index in [1.165, 1.54) is 0 Å². The summed E-state index contributed by atoms with van der Waals surface area (Å²) in [5, 5.41) is 13.7. The van der Waals surface area contributed by atoms with Gasteiger partial charge < -0.3 is 15.2 Å². The zero-order chi connectivity index (χ0) is 14.4. The van der Waals surface area contributed by atoms with E-state index in [1.54, 1.807) is 6.07 Å². The molecule has 0 fully saturated rings. The molecular formula is C16H18ClNO2. The fourth-order valence-electron chi connectivity index (χ4n) is 1.92. The summed E-state index contributed by atoms with van der Waals surface area (Å²) >= 11 is 6.10. The van der Waals surface area contributed by atoms with Crippen molar-refractivity contribution in [2.45, 2.75) is 20.0 Å². The standard InChI is InChI=1S/C16H18ClNO2/c1-2-20-16-9-12(7-8-15(16)19)10-18-11-13-5-3-4-6-14(13)17/h3-9,18-19H,2,10-11H2,1H3. The van der Waals surface area contributed by atoms with Crippen molar-refractivity contribution >= 4 is 11.6 Å². The molecule has 0 radical (unpaired) electrons. The summed E-state index contributed by atoms with van der Waals surface area (Å²) in [5.74, 6) is 0.686. The van der Waals surface area contributed by atoms with E-state index in [0.717, 1.165) is 16.1 Å². The molecule has 0 saturated carbocycles. The maximum absolute atomic E-state index is 9.64. The molecule has 0 saturated heterocycles. The second-order valence-corrected chi connectivity index (χ2v) is 4.84. The summed E-state index contributed by atoms with van der Waals surface area (Å²) in [6, 6.07) is 13.1. The molecule has 2 rings (SSSR count). The molecule has 2 aromatic rings. The van der Waals surface area contributed by atoms with Gasteiger partial charge in [-0.2, -0.15) is 0 Å². The largest absolute Gasteiger partial charge is 0.504 e. The molecule has 2 N–H and O–H groups in total. The number of nitrogens with one attached hydrogen (secondary N) is 1. The Balaban J connectivity index is 1.94. The van der Waals surface area contributed by atoms with Gasteiger partial charge in [-0.3, -0.25) is 0 Å². The Morgan fingerprint density at radius 1 is 1.15 bits per heavy atom. The van der Waals surface area contributed by atoms with Gasteiger partial charge in [-0.05, 0) is 36.2 Å². The molecule has 0 heterocycles. The Kier molecular flexibility index (Phi) is 5.27. The van der Waals surface area contributed by atoms with E-state index in [1.807, 2.05) is 43.3 Å². The summed E-state index contributed by atoms with van der Waals surface area (Å²) in [6.45, 7) is 3.81. The second kappa shape index (κ2) is 7.17. The molecule has 2 aromatic carbocycles. The minimum atomic E-state index is 0.168. The molecule has 20 heavy (non-hydrogen) atoms. The zero-order valence-electron chi connectivity index (χ0n) is 11.4. The highest BCUT2D eigenvalue weighted by Crippen LogP contribution is 2.26. The molecule has 0 aliphatic carbocycles. The molecule has 0 atom stereocenters. The smallest absolute Gasteiger partial charge is 0.161 e. The normalized spacial score (nSPS) is 10.5. The van der Waals surface area contributed by atoms with Crippen LogP contribution in [0.5, 0.6) is 11.5 Å². The Morgan fingerprint density at radius 3 is 2.70 bits per heavy atom. The molecule has 0 aliphatic rings. The Labute approximate surface area is 124 Å². The van der Waals surface area contributed by atoms with Gasteiger partial charge in [0.05, 0.1) is 6.61 Å². The number of hydrogen-bond acceptors (Lipinski definition) is 3. The average molecular weight is 292 g/mol. The van der Waals surface area contributed by atoms with E-state index in [9.17, 15) is 5.11 Å². The number of rotatable bonds is 6. The monoisotopic (exact) mass is 291 g/mol. The van der Waals surface area contributed by atoms with Crippen LogP contribution < -0.4 is 10.1 Å². The Bertz CT molecular complexity index is 572. The van der Waals surface area contributed by atoms with Gasteiger partial charge in [-0.1, -0.05) is 35.9 Å². The van der Waals surface area contributed by atoms with Gasteiger partial charge in [0.15, 0.2) is 11.5 Å². The van der Waals surface area contributed by atoms with Gasteiger partial charge in [-0.25, -0.2) is 0 Å². The number of phenolic OH excluding ortho intramolecular Hbond substituents is 1. The third kappa shape index (κ3) is 3.89. The van der Waals surface area contributed by atoms with Crippen molar-refractivity contribution in [3.8, 4) is 11.5 Å². The van der Waals surface area contributed by atoms with Crippen LogP contribution in [0.25, 0.3) is 0 Å². The summed E-state index contributed by atoms with van der Waals surface area (Å²) in [4.78, 5) is 0.